The molecule has 2 heterocycles. The Morgan fingerprint density at radius 3 is 2.65 bits per heavy atom. The molecule has 6 nitrogen and oxygen atoms in total. The molecule has 116 valence electrons. The minimum atomic E-state index is -0.584. The Balaban J connectivity index is 1.91. The molecule has 0 fully saturated rings. The molecule has 0 saturated heterocycles. The van der Waals surface area contributed by atoms with Gasteiger partial charge in [0.25, 0.3) is 11.5 Å². The van der Waals surface area contributed by atoms with E-state index in [1.54, 1.807) is 36.5 Å². The number of aliphatic hydroxyl groups is 1. The zero-order chi connectivity index (χ0) is 16.2. The number of benzene rings is 1. The monoisotopic (exact) mass is 309 g/mol. The third-order valence-electron chi connectivity index (χ3n) is 3.55. The molecule has 3 rings (SSSR count). The van der Waals surface area contributed by atoms with Gasteiger partial charge in [-0.3, -0.25) is 14.0 Å². The van der Waals surface area contributed by atoms with Crippen LogP contribution in [0.5, 0.6) is 0 Å². The van der Waals surface area contributed by atoms with Crippen molar-refractivity contribution in [3.05, 3.63) is 82.4 Å². The lowest BCUT2D eigenvalue weighted by molar-refractivity contribution is 0.0914. The average molecular weight is 309 g/mol. The highest BCUT2D eigenvalue weighted by Crippen LogP contribution is 2.12. The fourth-order valence-electron chi connectivity index (χ4n) is 2.34. The molecule has 0 saturated carbocycles. The molecule has 2 aromatic heterocycles. The number of fused-ring (bicyclic) bond motifs is 1. The fourth-order valence-corrected chi connectivity index (χ4v) is 2.34. The van der Waals surface area contributed by atoms with Gasteiger partial charge in [-0.2, -0.15) is 0 Å². The molecule has 2 N–H and O–H groups in total. The molecule has 0 aliphatic rings. The predicted octanol–water partition coefficient (Wildman–Crippen LogP) is 1.16. The maximum absolute atomic E-state index is 12.4. The van der Waals surface area contributed by atoms with Crippen LogP contribution in [0, 0.1) is 0 Å². The van der Waals surface area contributed by atoms with Crippen LogP contribution >= 0.6 is 0 Å². The molecule has 3 aromatic rings. The lowest BCUT2D eigenvalue weighted by Gasteiger charge is -2.16. The van der Waals surface area contributed by atoms with Gasteiger partial charge in [-0.25, -0.2) is 4.98 Å². The van der Waals surface area contributed by atoms with E-state index in [-0.39, 0.29) is 12.2 Å². The summed E-state index contributed by atoms with van der Waals surface area (Å²) < 4.78 is 1.31. The van der Waals surface area contributed by atoms with E-state index in [1.165, 1.54) is 10.6 Å². The predicted molar refractivity (Wildman–Crippen MR) is 85.2 cm³/mol. The van der Waals surface area contributed by atoms with Crippen LogP contribution in [0.3, 0.4) is 0 Å². The molecule has 0 spiro atoms. The Kier molecular flexibility index (Phi) is 4.16. The maximum atomic E-state index is 12.4. The first kappa shape index (κ1) is 14.9. The Morgan fingerprint density at radius 2 is 1.91 bits per heavy atom. The highest BCUT2D eigenvalue weighted by molar-refractivity contribution is 5.94. The fraction of sp³-hybridized carbons (Fsp3) is 0.118. The second-order valence-electron chi connectivity index (χ2n) is 5.03. The topological polar surface area (TPSA) is 83.7 Å². The molecule has 23 heavy (non-hydrogen) atoms. The van der Waals surface area contributed by atoms with Crippen LogP contribution in [0.1, 0.15) is 22.0 Å². The molecule has 1 unspecified atom stereocenters. The first-order valence-electron chi connectivity index (χ1n) is 7.14. The number of rotatable bonds is 4. The summed E-state index contributed by atoms with van der Waals surface area (Å²) >= 11 is 0. The third kappa shape index (κ3) is 2.97. The van der Waals surface area contributed by atoms with E-state index < -0.39 is 17.5 Å². The van der Waals surface area contributed by atoms with Gasteiger partial charge in [0.2, 0.25) is 0 Å². The first-order chi connectivity index (χ1) is 11.2. The van der Waals surface area contributed by atoms with Crippen molar-refractivity contribution in [2.24, 2.45) is 0 Å². The molecular formula is C17H15N3O3. The van der Waals surface area contributed by atoms with Crippen molar-refractivity contribution in [1.29, 1.82) is 0 Å². The summed E-state index contributed by atoms with van der Waals surface area (Å²) in [5.74, 6) is -0.566. The van der Waals surface area contributed by atoms with Crippen LogP contribution < -0.4 is 10.9 Å². The summed E-state index contributed by atoms with van der Waals surface area (Å²) in [5.41, 5.74) is 0.717. The number of pyridine rings is 1. The minimum Gasteiger partial charge on any atom is -0.394 e. The van der Waals surface area contributed by atoms with Crippen LogP contribution in [0.4, 0.5) is 0 Å². The van der Waals surface area contributed by atoms with Gasteiger partial charge >= 0.3 is 0 Å². The van der Waals surface area contributed by atoms with Crippen molar-refractivity contribution < 1.29 is 9.90 Å². The van der Waals surface area contributed by atoms with Gasteiger partial charge in [0.05, 0.1) is 12.6 Å². The van der Waals surface area contributed by atoms with E-state index in [9.17, 15) is 14.7 Å². The van der Waals surface area contributed by atoms with Crippen molar-refractivity contribution in [1.82, 2.24) is 14.7 Å². The van der Waals surface area contributed by atoms with Gasteiger partial charge in [-0.15, -0.1) is 0 Å². The van der Waals surface area contributed by atoms with Crippen molar-refractivity contribution in [3.63, 3.8) is 0 Å². The van der Waals surface area contributed by atoms with Gasteiger partial charge in [0.15, 0.2) is 0 Å². The zero-order valence-corrected chi connectivity index (χ0v) is 12.2. The minimum absolute atomic E-state index is 0.0666. The number of carbonyl (C=O) groups excluding carboxylic acids is 1. The second kappa shape index (κ2) is 6.41. The molecule has 0 bridgehead atoms. The van der Waals surface area contributed by atoms with Crippen LogP contribution in [-0.4, -0.2) is 27.0 Å². The van der Waals surface area contributed by atoms with E-state index in [0.29, 0.717) is 5.65 Å². The quantitative estimate of drug-likeness (QED) is 0.757. The lowest BCUT2D eigenvalue weighted by atomic mass is 10.1. The number of amides is 1. The van der Waals surface area contributed by atoms with E-state index in [2.05, 4.69) is 10.3 Å². The molecular weight excluding hydrogens is 294 g/mol. The van der Waals surface area contributed by atoms with Crippen LogP contribution in [0.15, 0.2) is 65.7 Å². The summed E-state index contributed by atoms with van der Waals surface area (Å²) in [4.78, 5) is 28.9. The summed E-state index contributed by atoms with van der Waals surface area (Å²) in [5, 5.41) is 12.2. The van der Waals surface area contributed by atoms with Gasteiger partial charge in [0, 0.05) is 12.4 Å². The average Bonchev–Trinajstić information content (AvgIpc) is 2.60. The van der Waals surface area contributed by atoms with E-state index in [4.69, 9.17) is 0 Å². The Labute approximate surface area is 132 Å². The van der Waals surface area contributed by atoms with E-state index in [0.717, 1.165) is 5.56 Å². The summed E-state index contributed by atoms with van der Waals surface area (Å²) in [6, 6.07) is 13.6. The number of aliphatic hydroxyl groups excluding tert-OH is 1. The van der Waals surface area contributed by atoms with Crippen LogP contribution in [0.2, 0.25) is 0 Å². The third-order valence-corrected chi connectivity index (χ3v) is 3.55. The number of hydrogen-bond acceptors (Lipinski definition) is 4. The largest absolute Gasteiger partial charge is 0.394 e. The summed E-state index contributed by atoms with van der Waals surface area (Å²) in [6.07, 6.45) is 2.81. The molecule has 1 aromatic carbocycles. The van der Waals surface area contributed by atoms with Gasteiger partial charge < -0.3 is 10.4 Å². The number of carbonyl (C=O) groups is 1. The molecule has 6 heteroatoms. The van der Waals surface area contributed by atoms with Crippen LogP contribution in [0.25, 0.3) is 5.65 Å². The van der Waals surface area contributed by atoms with Crippen molar-refractivity contribution >= 4 is 11.6 Å². The first-order valence-corrected chi connectivity index (χ1v) is 7.14. The van der Waals surface area contributed by atoms with E-state index in [1.807, 2.05) is 18.2 Å². The molecule has 1 amide bonds. The number of nitrogens with zero attached hydrogens (tertiary/aromatic N) is 2. The Hall–Kier alpha value is -2.99. The lowest BCUT2D eigenvalue weighted by Crippen LogP contribution is -2.35. The Morgan fingerprint density at radius 1 is 1.17 bits per heavy atom. The zero-order valence-electron chi connectivity index (χ0n) is 12.2. The van der Waals surface area contributed by atoms with Crippen LogP contribution in [-0.2, 0) is 0 Å². The molecule has 1 atom stereocenters. The second-order valence-corrected chi connectivity index (χ2v) is 5.03. The van der Waals surface area contributed by atoms with Gasteiger partial charge in [-0.05, 0) is 17.7 Å². The standard InChI is InChI=1S/C17H15N3O3/c21-11-14(12-6-2-1-3-7-12)19-16(22)13-10-18-15-8-4-5-9-20(15)17(13)23/h1-10,14,21H,11H2,(H,19,22). The maximum Gasteiger partial charge on any atom is 0.270 e. The van der Waals surface area contributed by atoms with Crippen molar-refractivity contribution in [2.45, 2.75) is 6.04 Å². The highest BCUT2D eigenvalue weighted by Gasteiger charge is 2.18. The number of aromatic nitrogens is 2. The summed E-state index contributed by atoms with van der Waals surface area (Å²) in [7, 11) is 0. The molecule has 0 radical (unpaired) electrons. The molecule has 0 aliphatic heterocycles. The number of hydrogen-bond donors (Lipinski definition) is 2. The van der Waals surface area contributed by atoms with E-state index >= 15 is 0 Å². The normalized spacial score (nSPS) is 12.0. The molecule has 0 aliphatic carbocycles. The van der Waals surface area contributed by atoms with Crippen molar-refractivity contribution in [2.75, 3.05) is 6.61 Å². The summed E-state index contributed by atoms with van der Waals surface area (Å²) in [6.45, 7) is -0.266. The Bertz CT molecular complexity index is 890. The van der Waals surface area contributed by atoms with Crippen molar-refractivity contribution in [3.8, 4) is 0 Å². The SMILES string of the molecule is O=C(NC(CO)c1ccccc1)c1cnc2ccccn2c1=O. The van der Waals surface area contributed by atoms with Gasteiger partial charge in [-0.1, -0.05) is 36.4 Å². The number of nitrogens with one attached hydrogen (secondary N) is 1. The van der Waals surface area contributed by atoms with Gasteiger partial charge in [0.1, 0.15) is 11.2 Å². The highest BCUT2D eigenvalue weighted by atomic mass is 16.3. The smallest absolute Gasteiger partial charge is 0.270 e.